The third-order valence-electron chi connectivity index (χ3n) is 4.77. The van der Waals surface area contributed by atoms with Gasteiger partial charge in [-0.1, -0.05) is 37.3 Å². The van der Waals surface area contributed by atoms with E-state index in [1.54, 1.807) is 6.07 Å². The van der Waals surface area contributed by atoms with Gasteiger partial charge >= 0.3 is 0 Å². The summed E-state index contributed by atoms with van der Waals surface area (Å²) >= 11 is 0. The summed E-state index contributed by atoms with van der Waals surface area (Å²) in [5.74, 6) is 0.424. The molecule has 0 unspecified atom stereocenters. The van der Waals surface area contributed by atoms with E-state index in [0.717, 1.165) is 31.2 Å². The molecule has 1 aliphatic carbocycles. The fourth-order valence-corrected chi connectivity index (χ4v) is 3.06. The van der Waals surface area contributed by atoms with E-state index >= 15 is 0 Å². The van der Waals surface area contributed by atoms with E-state index in [1.807, 2.05) is 30.3 Å². The summed E-state index contributed by atoms with van der Waals surface area (Å²) in [4.78, 5) is 12.4. The van der Waals surface area contributed by atoms with Gasteiger partial charge in [0.1, 0.15) is 0 Å². The largest absolute Gasteiger partial charge is 0.388 e. The number of aromatic nitrogens is 2. The van der Waals surface area contributed by atoms with Crippen LogP contribution in [-0.2, 0) is 0 Å². The molecule has 1 aliphatic rings. The molecular weight excluding hydrogens is 302 g/mol. The minimum absolute atomic E-state index is 0.228. The lowest BCUT2D eigenvalue weighted by atomic mass is 9.79. The molecule has 2 aromatic rings. The normalized spacial score (nSPS) is 23.7. The zero-order valence-corrected chi connectivity index (χ0v) is 13.9. The highest BCUT2D eigenvalue weighted by Crippen LogP contribution is 2.31. The number of aliphatic hydroxyl groups is 1. The second-order valence-electron chi connectivity index (χ2n) is 6.79. The first-order chi connectivity index (χ1) is 11.6. The molecule has 126 valence electrons. The fraction of sp³-hybridized carbons (Fsp3) is 0.421. The summed E-state index contributed by atoms with van der Waals surface area (Å²) in [7, 11) is 0. The Labute approximate surface area is 142 Å². The van der Waals surface area contributed by atoms with Gasteiger partial charge in [0.15, 0.2) is 0 Å². The van der Waals surface area contributed by atoms with E-state index < -0.39 is 5.60 Å². The van der Waals surface area contributed by atoms with Gasteiger partial charge in [0, 0.05) is 12.1 Å². The van der Waals surface area contributed by atoms with Gasteiger partial charge in [-0.15, -0.1) is 0 Å². The molecule has 1 aromatic heterocycles. The molecule has 1 aromatic carbocycles. The van der Waals surface area contributed by atoms with E-state index in [4.69, 9.17) is 0 Å². The van der Waals surface area contributed by atoms with Crippen molar-refractivity contribution < 1.29 is 9.90 Å². The maximum Gasteiger partial charge on any atom is 0.253 e. The number of hydrogen-bond acceptors (Lipinski definition) is 4. The third-order valence-corrected chi connectivity index (χ3v) is 4.77. The number of carbonyl (C=O) groups is 1. The summed E-state index contributed by atoms with van der Waals surface area (Å²) in [6.07, 6.45) is 4.92. The highest BCUT2D eigenvalue weighted by atomic mass is 16.3. The predicted molar refractivity (Wildman–Crippen MR) is 92.4 cm³/mol. The lowest BCUT2D eigenvalue weighted by Crippen LogP contribution is -2.45. The van der Waals surface area contributed by atoms with Gasteiger partial charge in [0.2, 0.25) is 0 Å². The van der Waals surface area contributed by atoms with E-state index in [9.17, 15) is 9.90 Å². The Kier molecular flexibility index (Phi) is 4.90. The van der Waals surface area contributed by atoms with Crippen LogP contribution in [0.1, 0.15) is 43.0 Å². The molecule has 0 saturated heterocycles. The molecule has 5 heteroatoms. The van der Waals surface area contributed by atoms with Crippen molar-refractivity contribution in [3.05, 3.63) is 48.2 Å². The number of nitrogens with one attached hydrogen (secondary N) is 1. The number of carbonyl (C=O) groups excluding carboxylic acids is 1. The summed E-state index contributed by atoms with van der Waals surface area (Å²) in [5, 5.41) is 21.4. The van der Waals surface area contributed by atoms with Crippen molar-refractivity contribution in [3.8, 4) is 11.3 Å². The topological polar surface area (TPSA) is 75.1 Å². The van der Waals surface area contributed by atoms with Crippen LogP contribution in [0, 0.1) is 5.92 Å². The lowest BCUT2D eigenvalue weighted by molar-refractivity contribution is -0.00540. The van der Waals surface area contributed by atoms with Crippen molar-refractivity contribution in [2.24, 2.45) is 5.92 Å². The Balaban J connectivity index is 1.65. The fourth-order valence-electron chi connectivity index (χ4n) is 3.06. The highest BCUT2D eigenvalue weighted by molar-refractivity contribution is 5.94. The van der Waals surface area contributed by atoms with Crippen molar-refractivity contribution in [1.29, 1.82) is 0 Å². The quantitative estimate of drug-likeness (QED) is 0.906. The summed E-state index contributed by atoms with van der Waals surface area (Å²) in [6.45, 7) is 2.48. The van der Waals surface area contributed by atoms with Crippen LogP contribution in [0.3, 0.4) is 0 Å². The van der Waals surface area contributed by atoms with Crippen molar-refractivity contribution in [1.82, 2.24) is 15.5 Å². The number of nitrogens with zero attached hydrogens (tertiary/aromatic N) is 2. The lowest BCUT2D eigenvalue weighted by Gasteiger charge is -2.34. The van der Waals surface area contributed by atoms with Gasteiger partial charge in [-0.05, 0) is 37.7 Å². The van der Waals surface area contributed by atoms with Crippen LogP contribution in [0.5, 0.6) is 0 Å². The van der Waals surface area contributed by atoms with Crippen molar-refractivity contribution in [3.63, 3.8) is 0 Å². The molecule has 2 N–H and O–H groups in total. The average molecular weight is 325 g/mol. The maximum atomic E-state index is 12.4. The first-order valence-corrected chi connectivity index (χ1v) is 8.44. The molecular formula is C19H23N3O2. The molecule has 1 amide bonds. The number of rotatable bonds is 4. The van der Waals surface area contributed by atoms with Crippen LogP contribution in [0.2, 0.25) is 0 Å². The molecule has 1 saturated carbocycles. The van der Waals surface area contributed by atoms with Crippen LogP contribution >= 0.6 is 0 Å². The molecule has 0 spiro atoms. The minimum atomic E-state index is -0.787. The van der Waals surface area contributed by atoms with Gasteiger partial charge < -0.3 is 10.4 Å². The third kappa shape index (κ3) is 3.97. The molecule has 1 fully saturated rings. The Morgan fingerprint density at radius 1 is 1.29 bits per heavy atom. The van der Waals surface area contributed by atoms with E-state index in [-0.39, 0.29) is 12.5 Å². The Bertz CT molecular complexity index is 695. The molecule has 24 heavy (non-hydrogen) atoms. The van der Waals surface area contributed by atoms with Gasteiger partial charge in [-0.2, -0.15) is 10.2 Å². The Morgan fingerprint density at radius 3 is 2.71 bits per heavy atom. The summed E-state index contributed by atoms with van der Waals surface area (Å²) < 4.78 is 0. The van der Waals surface area contributed by atoms with Gasteiger partial charge in [-0.25, -0.2) is 0 Å². The van der Waals surface area contributed by atoms with Crippen LogP contribution in [0.15, 0.2) is 42.6 Å². The molecule has 0 radical (unpaired) electrons. The van der Waals surface area contributed by atoms with E-state index in [0.29, 0.717) is 17.2 Å². The minimum Gasteiger partial charge on any atom is -0.388 e. The van der Waals surface area contributed by atoms with Crippen molar-refractivity contribution >= 4 is 5.91 Å². The van der Waals surface area contributed by atoms with Gasteiger partial charge in [-0.3, -0.25) is 4.79 Å². The van der Waals surface area contributed by atoms with Gasteiger partial charge in [0.25, 0.3) is 5.91 Å². The van der Waals surface area contributed by atoms with Crippen molar-refractivity contribution in [2.75, 3.05) is 6.54 Å². The second kappa shape index (κ2) is 7.09. The summed E-state index contributed by atoms with van der Waals surface area (Å²) in [5.41, 5.74) is 1.25. The highest BCUT2D eigenvalue weighted by Gasteiger charge is 2.32. The molecule has 1 heterocycles. The Hall–Kier alpha value is -2.27. The molecule has 5 nitrogen and oxygen atoms in total. The first-order valence-electron chi connectivity index (χ1n) is 8.44. The predicted octanol–water partition coefficient (Wildman–Crippen LogP) is 2.81. The molecule has 0 atom stereocenters. The average Bonchev–Trinajstić information content (AvgIpc) is 2.63. The standard InChI is InChI=1S/C19H23N3O2/c1-14-7-9-19(24,10-8-14)13-20-18(23)16-11-17(22-21-12-16)15-5-3-2-4-6-15/h2-6,11-12,14,24H,7-10,13H2,1H3,(H,20,23). The van der Waals surface area contributed by atoms with E-state index in [2.05, 4.69) is 22.4 Å². The molecule has 3 rings (SSSR count). The zero-order chi connectivity index (χ0) is 17.0. The smallest absolute Gasteiger partial charge is 0.253 e. The van der Waals surface area contributed by atoms with Gasteiger partial charge in [0.05, 0.1) is 23.1 Å². The second-order valence-corrected chi connectivity index (χ2v) is 6.79. The van der Waals surface area contributed by atoms with Crippen LogP contribution in [-0.4, -0.2) is 33.4 Å². The number of amides is 1. The van der Waals surface area contributed by atoms with Crippen LogP contribution in [0.4, 0.5) is 0 Å². The molecule has 0 bridgehead atoms. The summed E-state index contributed by atoms with van der Waals surface area (Å²) in [6, 6.07) is 11.4. The maximum absolute atomic E-state index is 12.4. The number of hydrogen-bond donors (Lipinski definition) is 2. The van der Waals surface area contributed by atoms with Crippen molar-refractivity contribution in [2.45, 2.75) is 38.2 Å². The Morgan fingerprint density at radius 2 is 2.00 bits per heavy atom. The van der Waals surface area contributed by atoms with E-state index in [1.165, 1.54) is 6.20 Å². The zero-order valence-electron chi connectivity index (χ0n) is 13.9. The molecule has 0 aliphatic heterocycles. The van der Waals surface area contributed by atoms with Crippen LogP contribution in [0.25, 0.3) is 11.3 Å². The first kappa shape index (κ1) is 16.6. The van der Waals surface area contributed by atoms with Crippen LogP contribution < -0.4 is 5.32 Å². The SMILES string of the molecule is CC1CCC(O)(CNC(=O)c2cnnc(-c3ccccc3)c2)CC1. The number of benzene rings is 1. The monoisotopic (exact) mass is 325 g/mol.